The van der Waals surface area contributed by atoms with Gasteiger partial charge in [0.2, 0.25) is 0 Å². The molecule has 0 saturated carbocycles. The molecule has 3 rings (SSSR count). The monoisotopic (exact) mass is 259 g/mol. The molecule has 0 N–H and O–H groups in total. The Kier molecular flexibility index (Phi) is 2.83. The molecule has 0 aliphatic carbocycles. The molecule has 1 aliphatic heterocycles. The topological polar surface area (TPSA) is 46.1 Å². The quantitative estimate of drug-likeness (QED) is 0.830. The molecule has 2 aromatic rings. The maximum absolute atomic E-state index is 11.2. The second-order valence-corrected chi connectivity index (χ2v) is 5.34. The highest BCUT2D eigenvalue weighted by Gasteiger charge is 2.20. The smallest absolute Gasteiger partial charge is 0.153 e. The van der Waals surface area contributed by atoms with Gasteiger partial charge in [-0.15, -0.1) is 21.5 Å². The lowest BCUT2D eigenvalue weighted by atomic mass is 10.2. The van der Waals surface area contributed by atoms with Crippen molar-refractivity contribution in [1.29, 1.82) is 0 Å². The molecule has 0 atom stereocenters. The van der Waals surface area contributed by atoms with E-state index in [2.05, 4.69) is 28.6 Å². The van der Waals surface area contributed by atoms with E-state index in [1.807, 2.05) is 17.0 Å². The third-order valence-electron chi connectivity index (χ3n) is 3.10. The second-order valence-electron chi connectivity index (χ2n) is 4.42. The van der Waals surface area contributed by atoms with Gasteiger partial charge in [0, 0.05) is 13.0 Å². The Morgan fingerprint density at radius 2 is 2.17 bits per heavy atom. The number of hydrogen-bond acceptors (Lipinski definition) is 5. The van der Waals surface area contributed by atoms with Crippen molar-refractivity contribution in [1.82, 2.24) is 10.2 Å². The molecule has 1 aliphatic rings. The van der Waals surface area contributed by atoms with E-state index in [0.717, 1.165) is 22.9 Å². The average molecular weight is 259 g/mol. The number of anilines is 1. The molecule has 0 unspecified atom stereocenters. The lowest BCUT2D eigenvalue weighted by Gasteiger charge is -2.14. The first kappa shape index (κ1) is 11.3. The SMILES string of the molecule is Cc1ccsc1-c1ccc(N2CCC(=O)C2)nn1. The van der Waals surface area contributed by atoms with Crippen molar-refractivity contribution in [2.24, 2.45) is 0 Å². The molecule has 5 heteroatoms. The van der Waals surface area contributed by atoms with Crippen LogP contribution in [0.15, 0.2) is 23.6 Å². The fourth-order valence-corrected chi connectivity index (χ4v) is 2.97. The van der Waals surface area contributed by atoms with Crippen molar-refractivity contribution in [3.63, 3.8) is 0 Å². The minimum atomic E-state index is 0.273. The number of carbonyl (C=O) groups is 1. The standard InChI is InChI=1S/C13H13N3OS/c1-9-5-7-18-13(9)11-2-3-12(15-14-11)16-6-4-10(17)8-16/h2-3,5,7H,4,6,8H2,1H3. The van der Waals surface area contributed by atoms with Crippen LogP contribution >= 0.6 is 11.3 Å². The molecule has 0 radical (unpaired) electrons. The van der Waals surface area contributed by atoms with Gasteiger partial charge in [-0.05, 0) is 36.1 Å². The highest BCUT2D eigenvalue weighted by atomic mass is 32.1. The van der Waals surface area contributed by atoms with Crippen LogP contribution < -0.4 is 4.90 Å². The summed E-state index contributed by atoms with van der Waals surface area (Å²) in [6.45, 7) is 3.29. The molecular formula is C13H13N3OS. The van der Waals surface area contributed by atoms with Crippen molar-refractivity contribution in [2.45, 2.75) is 13.3 Å². The molecular weight excluding hydrogens is 246 g/mol. The summed E-state index contributed by atoms with van der Waals surface area (Å²) in [7, 11) is 0. The van der Waals surface area contributed by atoms with Gasteiger partial charge in [0.05, 0.1) is 11.4 Å². The number of nitrogens with zero attached hydrogens (tertiary/aromatic N) is 3. The average Bonchev–Trinajstić information content (AvgIpc) is 2.98. The Hall–Kier alpha value is -1.75. The highest BCUT2D eigenvalue weighted by molar-refractivity contribution is 7.13. The predicted molar refractivity (Wildman–Crippen MR) is 71.9 cm³/mol. The summed E-state index contributed by atoms with van der Waals surface area (Å²) in [4.78, 5) is 14.4. The molecule has 18 heavy (non-hydrogen) atoms. The van der Waals surface area contributed by atoms with E-state index in [-0.39, 0.29) is 5.78 Å². The fraction of sp³-hybridized carbons (Fsp3) is 0.308. The van der Waals surface area contributed by atoms with Crippen molar-refractivity contribution in [3.05, 3.63) is 29.1 Å². The fourth-order valence-electron chi connectivity index (χ4n) is 2.08. The number of aryl methyl sites for hydroxylation is 1. The van der Waals surface area contributed by atoms with Crippen molar-refractivity contribution in [2.75, 3.05) is 18.0 Å². The maximum atomic E-state index is 11.2. The van der Waals surface area contributed by atoms with Crippen LogP contribution in [0.25, 0.3) is 10.6 Å². The summed E-state index contributed by atoms with van der Waals surface area (Å²) in [6.07, 6.45) is 0.619. The zero-order chi connectivity index (χ0) is 12.5. The molecule has 0 amide bonds. The molecule has 1 fully saturated rings. The maximum Gasteiger partial charge on any atom is 0.153 e. The van der Waals surface area contributed by atoms with Crippen molar-refractivity contribution in [3.8, 4) is 10.6 Å². The third-order valence-corrected chi connectivity index (χ3v) is 4.14. The first-order valence-electron chi connectivity index (χ1n) is 5.89. The number of rotatable bonds is 2. The third kappa shape index (κ3) is 2.01. The molecule has 3 heterocycles. The summed E-state index contributed by atoms with van der Waals surface area (Å²) in [5.41, 5.74) is 2.12. The van der Waals surface area contributed by atoms with Gasteiger partial charge in [0.1, 0.15) is 5.69 Å². The Labute approximate surface area is 109 Å². The molecule has 92 valence electrons. The number of ketones is 1. The van der Waals surface area contributed by atoms with Gasteiger partial charge >= 0.3 is 0 Å². The lowest BCUT2D eigenvalue weighted by Crippen LogP contribution is -2.20. The Morgan fingerprint density at radius 3 is 2.72 bits per heavy atom. The zero-order valence-corrected chi connectivity index (χ0v) is 10.9. The van der Waals surface area contributed by atoms with E-state index in [9.17, 15) is 4.79 Å². The van der Waals surface area contributed by atoms with Crippen LogP contribution in [0.3, 0.4) is 0 Å². The molecule has 0 aromatic carbocycles. The summed E-state index contributed by atoms with van der Waals surface area (Å²) in [5.74, 6) is 1.06. The summed E-state index contributed by atoms with van der Waals surface area (Å²) < 4.78 is 0. The van der Waals surface area contributed by atoms with Crippen LogP contribution in [0.4, 0.5) is 5.82 Å². The van der Waals surface area contributed by atoms with E-state index >= 15 is 0 Å². The van der Waals surface area contributed by atoms with Gasteiger partial charge in [-0.25, -0.2) is 0 Å². The summed E-state index contributed by atoms with van der Waals surface area (Å²) >= 11 is 1.67. The van der Waals surface area contributed by atoms with E-state index < -0.39 is 0 Å². The molecule has 0 spiro atoms. The predicted octanol–water partition coefficient (Wildman–Crippen LogP) is 2.29. The van der Waals surface area contributed by atoms with Crippen molar-refractivity contribution < 1.29 is 4.79 Å². The van der Waals surface area contributed by atoms with Crippen LogP contribution in [0, 0.1) is 6.92 Å². The van der Waals surface area contributed by atoms with Crippen molar-refractivity contribution >= 4 is 22.9 Å². The van der Waals surface area contributed by atoms with Crippen LogP contribution in [-0.2, 0) is 4.79 Å². The number of thiophene rings is 1. The Bertz CT molecular complexity index is 576. The zero-order valence-electron chi connectivity index (χ0n) is 10.1. The largest absolute Gasteiger partial charge is 0.347 e. The number of Topliss-reactive ketones (excluding diaryl/α,β-unsaturated/α-hetero) is 1. The number of aromatic nitrogens is 2. The minimum Gasteiger partial charge on any atom is -0.347 e. The van der Waals surface area contributed by atoms with Gasteiger partial charge in [-0.1, -0.05) is 0 Å². The summed E-state index contributed by atoms with van der Waals surface area (Å²) in [5, 5.41) is 10.5. The Balaban J connectivity index is 1.85. The molecule has 4 nitrogen and oxygen atoms in total. The molecule has 2 aromatic heterocycles. The lowest BCUT2D eigenvalue weighted by molar-refractivity contribution is -0.116. The van der Waals surface area contributed by atoms with Gasteiger partial charge in [0.25, 0.3) is 0 Å². The summed E-state index contributed by atoms with van der Waals surface area (Å²) in [6, 6.07) is 6.00. The van der Waals surface area contributed by atoms with Crippen LogP contribution in [0.5, 0.6) is 0 Å². The van der Waals surface area contributed by atoms with Gasteiger partial charge < -0.3 is 4.90 Å². The van der Waals surface area contributed by atoms with Gasteiger partial charge in [-0.2, -0.15) is 0 Å². The van der Waals surface area contributed by atoms with Gasteiger partial charge in [0.15, 0.2) is 11.6 Å². The van der Waals surface area contributed by atoms with Gasteiger partial charge in [-0.3, -0.25) is 4.79 Å². The van der Waals surface area contributed by atoms with Crippen LogP contribution in [0.2, 0.25) is 0 Å². The van der Waals surface area contributed by atoms with Crippen LogP contribution in [0.1, 0.15) is 12.0 Å². The van der Waals surface area contributed by atoms with E-state index in [1.165, 1.54) is 5.56 Å². The minimum absolute atomic E-state index is 0.273. The first-order chi connectivity index (χ1) is 8.74. The number of hydrogen-bond donors (Lipinski definition) is 0. The molecule has 1 saturated heterocycles. The second kappa shape index (κ2) is 4.49. The van der Waals surface area contributed by atoms with E-state index in [1.54, 1.807) is 11.3 Å². The normalized spacial score (nSPS) is 15.4. The highest BCUT2D eigenvalue weighted by Crippen LogP contribution is 2.27. The molecule has 0 bridgehead atoms. The number of carbonyl (C=O) groups excluding carboxylic acids is 1. The van der Waals surface area contributed by atoms with Crippen LogP contribution in [-0.4, -0.2) is 29.1 Å². The first-order valence-corrected chi connectivity index (χ1v) is 6.77. The van der Waals surface area contributed by atoms with E-state index in [4.69, 9.17) is 0 Å². The Morgan fingerprint density at radius 1 is 1.28 bits per heavy atom. The van der Waals surface area contributed by atoms with E-state index in [0.29, 0.717) is 13.0 Å².